The second-order valence-corrected chi connectivity index (χ2v) is 1.65. The SMILES string of the molecule is Cc1ccbcc1. The van der Waals surface area contributed by atoms with Crippen LogP contribution in [0.15, 0.2) is 24.1 Å². The molecule has 0 radical (unpaired) electrons. The predicted molar refractivity (Wildman–Crippen MR) is 32.5 cm³/mol. The van der Waals surface area contributed by atoms with E-state index in [9.17, 15) is 0 Å². The normalized spacial score (nSPS) is 8.14. The van der Waals surface area contributed by atoms with E-state index in [0.29, 0.717) is 0 Å². The molecule has 0 amide bonds. The van der Waals surface area contributed by atoms with Gasteiger partial charge >= 0.3 is 43.5 Å². The van der Waals surface area contributed by atoms with E-state index in [0.717, 1.165) is 0 Å². The Balaban J connectivity index is 3.02. The third-order valence-electron chi connectivity index (χ3n) is 0.940. The Bertz CT molecular complexity index is 134. The van der Waals surface area contributed by atoms with Crippen LogP contribution in [0.1, 0.15) is 5.56 Å². The fourth-order valence-corrected chi connectivity index (χ4v) is 0.534. The summed E-state index contributed by atoms with van der Waals surface area (Å²) in [6.45, 7) is 4.10. The van der Waals surface area contributed by atoms with Gasteiger partial charge in [0.25, 0.3) is 0 Å². The molecule has 1 aromatic rings. The van der Waals surface area contributed by atoms with Crippen LogP contribution in [0.3, 0.4) is 0 Å². The van der Waals surface area contributed by atoms with E-state index in [1.165, 1.54) is 5.56 Å². The third kappa shape index (κ3) is 1.15. The van der Waals surface area contributed by atoms with E-state index in [4.69, 9.17) is 0 Å². The molecule has 0 atom stereocenters. The Morgan fingerprint density at radius 2 is 1.86 bits per heavy atom. The summed E-state index contributed by atoms with van der Waals surface area (Å²) in [5.41, 5.74) is 1.32. The molecule has 0 aliphatic rings. The molecule has 0 nitrogen and oxygen atoms in total. The monoisotopic (exact) mass is 90.1 g/mol. The molecule has 1 aromatic heterocycles. The van der Waals surface area contributed by atoms with Gasteiger partial charge in [-0.15, -0.1) is 0 Å². The number of aryl methyl sites for hydroxylation is 1. The summed E-state index contributed by atoms with van der Waals surface area (Å²) in [5, 5.41) is 0. The molecule has 1 heterocycles. The van der Waals surface area contributed by atoms with Crippen LogP contribution in [0.2, 0.25) is 0 Å². The van der Waals surface area contributed by atoms with Crippen molar-refractivity contribution in [2.75, 3.05) is 0 Å². The zero-order valence-corrected chi connectivity index (χ0v) is 4.39. The number of rotatable bonds is 0. The Hall–Kier alpha value is -0.585. The predicted octanol–water partition coefficient (Wildman–Crippen LogP) is 1.33. The van der Waals surface area contributed by atoms with Crippen LogP contribution in [0.5, 0.6) is 0 Å². The second-order valence-electron chi connectivity index (χ2n) is 1.65. The van der Waals surface area contributed by atoms with Gasteiger partial charge in [-0.25, -0.2) is 0 Å². The van der Waals surface area contributed by atoms with Crippen molar-refractivity contribution in [1.29, 1.82) is 0 Å². The van der Waals surface area contributed by atoms with Crippen molar-refractivity contribution >= 4 is 6.91 Å². The summed E-state index contributed by atoms with van der Waals surface area (Å²) < 4.78 is 0. The van der Waals surface area contributed by atoms with Gasteiger partial charge in [0.15, 0.2) is 0 Å². The van der Waals surface area contributed by atoms with Gasteiger partial charge in [0.1, 0.15) is 0 Å². The molecule has 0 aliphatic carbocycles. The van der Waals surface area contributed by atoms with Crippen LogP contribution in [0, 0.1) is 6.92 Å². The molecular formula is C6H7B. The summed E-state index contributed by atoms with van der Waals surface area (Å²) in [5.74, 6) is 4.07. The minimum absolute atomic E-state index is 1.32. The second kappa shape index (κ2) is 1.92. The minimum atomic E-state index is 1.32. The Labute approximate surface area is 44.4 Å². The summed E-state index contributed by atoms with van der Waals surface area (Å²) in [4.78, 5) is 0. The molecule has 0 bridgehead atoms. The van der Waals surface area contributed by atoms with E-state index >= 15 is 0 Å². The van der Waals surface area contributed by atoms with Crippen molar-refractivity contribution in [3.05, 3.63) is 29.6 Å². The van der Waals surface area contributed by atoms with E-state index in [2.05, 4.69) is 19.1 Å². The molecule has 1 rings (SSSR count). The van der Waals surface area contributed by atoms with Crippen molar-refractivity contribution in [2.24, 2.45) is 0 Å². The van der Waals surface area contributed by atoms with Crippen LogP contribution in [0.25, 0.3) is 0 Å². The van der Waals surface area contributed by atoms with Gasteiger partial charge in [-0.3, -0.25) is 0 Å². The van der Waals surface area contributed by atoms with Crippen LogP contribution >= 0.6 is 0 Å². The van der Waals surface area contributed by atoms with Gasteiger partial charge in [-0.1, -0.05) is 0 Å². The van der Waals surface area contributed by atoms with Crippen molar-refractivity contribution in [2.45, 2.75) is 6.92 Å². The Morgan fingerprint density at radius 3 is 2.14 bits per heavy atom. The quantitative estimate of drug-likeness (QED) is 0.450. The molecule has 0 spiro atoms. The molecule has 0 aromatic carbocycles. The zero-order chi connectivity index (χ0) is 5.11. The summed E-state index contributed by atoms with van der Waals surface area (Å²) in [6.07, 6.45) is 0. The zero-order valence-electron chi connectivity index (χ0n) is 4.39. The van der Waals surface area contributed by atoms with Gasteiger partial charge in [0.2, 0.25) is 0 Å². The molecule has 1 heteroatoms. The Kier molecular flexibility index (Phi) is 1.25. The molecule has 34 valence electrons. The van der Waals surface area contributed by atoms with Crippen molar-refractivity contribution in [1.82, 2.24) is 0 Å². The molecule has 0 fully saturated rings. The molecule has 0 saturated carbocycles. The summed E-state index contributed by atoms with van der Waals surface area (Å²) in [6, 6.07) is 4.17. The van der Waals surface area contributed by atoms with Gasteiger partial charge in [0.05, 0.1) is 0 Å². The Morgan fingerprint density at radius 1 is 1.29 bits per heavy atom. The first-order valence-corrected chi connectivity index (χ1v) is 2.41. The number of hydrogen-bond acceptors (Lipinski definition) is 0. The fourth-order valence-electron chi connectivity index (χ4n) is 0.534. The van der Waals surface area contributed by atoms with E-state index < -0.39 is 0 Å². The maximum absolute atomic E-state index is 2.08. The summed E-state index contributed by atoms with van der Waals surface area (Å²) >= 11 is 0. The van der Waals surface area contributed by atoms with Gasteiger partial charge in [-0.05, 0) is 0 Å². The number of hydrogen-bond donors (Lipinski definition) is 0. The van der Waals surface area contributed by atoms with E-state index in [1.54, 1.807) is 0 Å². The average molecular weight is 89.9 g/mol. The van der Waals surface area contributed by atoms with Gasteiger partial charge < -0.3 is 0 Å². The molecule has 0 unspecified atom stereocenters. The van der Waals surface area contributed by atoms with Gasteiger partial charge in [0, 0.05) is 0 Å². The molecule has 0 N–H and O–H groups in total. The standard InChI is InChI=1S/C6H7B/c1-6-2-4-7-5-3-6/h2-5H,1H3. The third-order valence-corrected chi connectivity index (χ3v) is 0.940. The van der Waals surface area contributed by atoms with E-state index in [-0.39, 0.29) is 0 Å². The van der Waals surface area contributed by atoms with Crippen LogP contribution in [0.4, 0.5) is 0 Å². The average Bonchev–Trinajstić information content (AvgIpc) is 1.69. The molecule has 0 saturated heterocycles. The molecular weight excluding hydrogens is 82.9 g/mol. The van der Waals surface area contributed by atoms with Crippen molar-refractivity contribution in [3.8, 4) is 0 Å². The maximum atomic E-state index is 2.08. The van der Waals surface area contributed by atoms with Crippen molar-refractivity contribution < 1.29 is 0 Å². The first kappa shape index (κ1) is 4.57. The topological polar surface area (TPSA) is 0 Å². The molecule has 7 heavy (non-hydrogen) atoms. The van der Waals surface area contributed by atoms with Crippen LogP contribution in [-0.4, -0.2) is 6.91 Å². The van der Waals surface area contributed by atoms with E-state index in [1.807, 2.05) is 18.8 Å². The molecule has 0 aliphatic heterocycles. The van der Waals surface area contributed by atoms with Crippen LogP contribution in [-0.2, 0) is 0 Å². The first-order chi connectivity index (χ1) is 3.39. The van der Waals surface area contributed by atoms with Crippen molar-refractivity contribution in [3.63, 3.8) is 0 Å². The first-order valence-electron chi connectivity index (χ1n) is 2.41. The van der Waals surface area contributed by atoms with Crippen LogP contribution < -0.4 is 0 Å². The fraction of sp³-hybridized carbons (Fsp3) is 0.167. The summed E-state index contributed by atoms with van der Waals surface area (Å²) in [7, 11) is 0. The van der Waals surface area contributed by atoms with Gasteiger partial charge in [-0.2, -0.15) is 0 Å².